The fraction of sp³-hybridized carbons (Fsp3) is 0.727. The number of aromatic hydroxyl groups is 1. The van der Waals surface area contributed by atoms with Crippen LogP contribution in [-0.4, -0.2) is 29.0 Å². The van der Waals surface area contributed by atoms with Crippen molar-refractivity contribution in [1.29, 1.82) is 0 Å². The Bertz CT molecular complexity index is 628. The van der Waals surface area contributed by atoms with Crippen LogP contribution in [0.25, 0.3) is 0 Å². The first-order valence-electron chi connectivity index (χ1n) is 10.2. The number of hydrogen-bond acceptors (Lipinski definition) is 3. The molecule has 0 heterocycles. The Morgan fingerprint density at radius 2 is 2.08 bits per heavy atom. The molecule has 0 saturated heterocycles. The van der Waals surface area contributed by atoms with Crippen LogP contribution in [0.4, 0.5) is 0 Å². The van der Waals surface area contributed by atoms with E-state index in [0.717, 1.165) is 51.6 Å². The van der Waals surface area contributed by atoms with Gasteiger partial charge in [-0.1, -0.05) is 26.3 Å². The molecule has 2 saturated carbocycles. The van der Waals surface area contributed by atoms with Crippen LogP contribution in [0.2, 0.25) is 0 Å². The van der Waals surface area contributed by atoms with Crippen LogP contribution in [0.5, 0.6) is 5.75 Å². The largest absolute Gasteiger partial charge is 0.508 e. The van der Waals surface area contributed by atoms with Gasteiger partial charge in [-0.3, -0.25) is 0 Å². The van der Waals surface area contributed by atoms with E-state index in [2.05, 4.69) is 19.9 Å². The molecule has 3 nitrogen and oxygen atoms in total. The van der Waals surface area contributed by atoms with Gasteiger partial charge >= 0.3 is 0 Å². The highest BCUT2D eigenvalue weighted by Crippen LogP contribution is 2.61. The van der Waals surface area contributed by atoms with Gasteiger partial charge in [0.15, 0.2) is 0 Å². The Kier molecular flexibility index (Phi) is 4.57. The monoisotopic (exact) mass is 344 g/mol. The van der Waals surface area contributed by atoms with Crippen molar-refractivity contribution < 1.29 is 14.9 Å². The lowest BCUT2D eigenvalue weighted by Gasteiger charge is -2.53. The van der Waals surface area contributed by atoms with Crippen LogP contribution >= 0.6 is 0 Å². The first kappa shape index (κ1) is 17.4. The van der Waals surface area contributed by atoms with Gasteiger partial charge in [-0.25, -0.2) is 0 Å². The molecule has 6 atom stereocenters. The third kappa shape index (κ3) is 2.80. The van der Waals surface area contributed by atoms with Crippen molar-refractivity contribution in [2.45, 2.75) is 76.9 Å². The normalized spacial score (nSPS) is 39.6. The molecule has 0 amide bonds. The molecule has 3 aliphatic rings. The Morgan fingerprint density at radius 3 is 2.88 bits per heavy atom. The zero-order valence-electron chi connectivity index (χ0n) is 15.6. The van der Waals surface area contributed by atoms with Crippen LogP contribution in [-0.2, 0) is 11.2 Å². The maximum atomic E-state index is 10.7. The van der Waals surface area contributed by atoms with Crippen LogP contribution in [0.3, 0.4) is 0 Å². The van der Waals surface area contributed by atoms with Gasteiger partial charge in [0.05, 0.1) is 12.2 Å². The minimum atomic E-state index is -0.183. The SMILES string of the molecule is CCCCOC1C[C@]2(C)C(O)CCC2C2CCc3cc(O)ccc3C12. The summed E-state index contributed by atoms with van der Waals surface area (Å²) in [4.78, 5) is 0. The van der Waals surface area contributed by atoms with E-state index in [1.165, 1.54) is 11.1 Å². The van der Waals surface area contributed by atoms with E-state index in [1.807, 2.05) is 12.1 Å². The van der Waals surface area contributed by atoms with E-state index < -0.39 is 0 Å². The third-order valence-electron chi connectivity index (χ3n) is 7.44. The first-order chi connectivity index (χ1) is 12.0. The molecule has 1 aromatic carbocycles. The van der Waals surface area contributed by atoms with Crippen molar-refractivity contribution in [1.82, 2.24) is 0 Å². The van der Waals surface area contributed by atoms with E-state index >= 15 is 0 Å². The van der Waals surface area contributed by atoms with Gasteiger partial charge in [-0.2, -0.15) is 0 Å². The van der Waals surface area contributed by atoms with E-state index in [1.54, 1.807) is 0 Å². The van der Waals surface area contributed by atoms with E-state index in [9.17, 15) is 10.2 Å². The highest BCUT2D eigenvalue weighted by atomic mass is 16.5. The average Bonchev–Trinajstić information content (AvgIpc) is 2.89. The van der Waals surface area contributed by atoms with Crippen molar-refractivity contribution >= 4 is 0 Å². The molecule has 4 rings (SSSR count). The van der Waals surface area contributed by atoms with Gasteiger partial charge in [0, 0.05) is 12.5 Å². The molecule has 5 unspecified atom stereocenters. The second-order valence-electron chi connectivity index (χ2n) is 8.78. The second kappa shape index (κ2) is 6.59. The number of aliphatic hydroxyl groups excluding tert-OH is 1. The number of phenolic OH excluding ortho intramolecular Hbond substituents is 1. The summed E-state index contributed by atoms with van der Waals surface area (Å²) >= 11 is 0. The average molecular weight is 344 g/mol. The van der Waals surface area contributed by atoms with Gasteiger partial charge in [0.1, 0.15) is 5.75 Å². The maximum absolute atomic E-state index is 10.7. The summed E-state index contributed by atoms with van der Waals surface area (Å²) < 4.78 is 6.43. The molecule has 2 N–H and O–H groups in total. The number of aliphatic hydroxyl groups is 1. The lowest BCUT2D eigenvalue weighted by Crippen LogP contribution is -2.50. The minimum absolute atomic E-state index is 0.00642. The smallest absolute Gasteiger partial charge is 0.115 e. The summed E-state index contributed by atoms with van der Waals surface area (Å²) in [6, 6.07) is 5.92. The summed E-state index contributed by atoms with van der Waals surface area (Å²) in [7, 11) is 0. The Morgan fingerprint density at radius 1 is 1.24 bits per heavy atom. The molecular weight excluding hydrogens is 312 g/mol. The lowest BCUT2D eigenvalue weighted by atomic mass is 9.54. The molecule has 3 aliphatic carbocycles. The number of rotatable bonds is 4. The number of aryl methyl sites for hydroxylation is 1. The first-order valence-corrected chi connectivity index (χ1v) is 10.2. The van der Waals surface area contributed by atoms with Gasteiger partial charge in [0.2, 0.25) is 0 Å². The number of benzene rings is 1. The van der Waals surface area contributed by atoms with Crippen LogP contribution < -0.4 is 0 Å². The molecule has 3 heteroatoms. The predicted molar refractivity (Wildman–Crippen MR) is 98.8 cm³/mol. The third-order valence-corrected chi connectivity index (χ3v) is 7.44. The molecule has 138 valence electrons. The fourth-order valence-corrected chi connectivity index (χ4v) is 6.13. The number of unbranched alkanes of at least 4 members (excludes halogenated alkanes) is 1. The molecule has 0 aliphatic heterocycles. The molecular formula is C22H32O3. The molecule has 2 fully saturated rings. The Hall–Kier alpha value is -1.06. The molecule has 0 radical (unpaired) electrons. The summed E-state index contributed by atoms with van der Waals surface area (Å²) in [6.07, 6.45) is 7.49. The van der Waals surface area contributed by atoms with Crippen molar-refractivity contribution in [2.24, 2.45) is 17.3 Å². The molecule has 0 aromatic heterocycles. The molecule has 0 spiro atoms. The van der Waals surface area contributed by atoms with E-state index in [0.29, 0.717) is 23.5 Å². The quantitative estimate of drug-likeness (QED) is 0.796. The number of hydrogen-bond donors (Lipinski definition) is 2. The van der Waals surface area contributed by atoms with Gasteiger partial charge in [-0.05, 0) is 79.0 Å². The van der Waals surface area contributed by atoms with Gasteiger partial charge in [0.25, 0.3) is 0 Å². The second-order valence-corrected chi connectivity index (χ2v) is 8.78. The number of ether oxygens (including phenoxy) is 1. The summed E-state index contributed by atoms with van der Waals surface area (Å²) in [5.74, 6) is 1.99. The summed E-state index contributed by atoms with van der Waals surface area (Å²) in [6.45, 7) is 5.31. The van der Waals surface area contributed by atoms with Crippen LogP contribution in [0.1, 0.15) is 69.4 Å². The van der Waals surface area contributed by atoms with Crippen molar-refractivity contribution in [3.63, 3.8) is 0 Å². The van der Waals surface area contributed by atoms with Crippen molar-refractivity contribution in [3.8, 4) is 5.75 Å². The molecule has 25 heavy (non-hydrogen) atoms. The topological polar surface area (TPSA) is 49.7 Å². The Balaban J connectivity index is 1.70. The molecule has 1 aromatic rings. The highest BCUT2D eigenvalue weighted by molar-refractivity contribution is 5.41. The van der Waals surface area contributed by atoms with Gasteiger partial charge < -0.3 is 14.9 Å². The van der Waals surface area contributed by atoms with Gasteiger partial charge in [-0.15, -0.1) is 0 Å². The number of phenols is 1. The summed E-state index contributed by atoms with van der Waals surface area (Å²) in [5.41, 5.74) is 2.69. The van der Waals surface area contributed by atoms with Crippen LogP contribution in [0.15, 0.2) is 18.2 Å². The zero-order valence-corrected chi connectivity index (χ0v) is 15.6. The maximum Gasteiger partial charge on any atom is 0.115 e. The Labute approximate surface area is 151 Å². The number of fused-ring (bicyclic) bond motifs is 5. The van der Waals surface area contributed by atoms with Crippen molar-refractivity contribution in [3.05, 3.63) is 29.3 Å². The van der Waals surface area contributed by atoms with E-state index in [-0.39, 0.29) is 17.6 Å². The predicted octanol–water partition coefficient (Wildman–Crippen LogP) is 4.40. The van der Waals surface area contributed by atoms with E-state index in [4.69, 9.17) is 4.74 Å². The summed E-state index contributed by atoms with van der Waals surface area (Å²) in [5, 5.41) is 20.6. The molecule has 0 bridgehead atoms. The fourth-order valence-electron chi connectivity index (χ4n) is 6.13. The lowest BCUT2D eigenvalue weighted by molar-refractivity contribution is -0.105. The van der Waals surface area contributed by atoms with Crippen LogP contribution in [0, 0.1) is 17.3 Å². The highest BCUT2D eigenvalue weighted by Gasteiger charge is 2.57. The standard InChI is InChI=1S/C22H32O3/c1-3-4-11-25-19-13-22(2)18(9-10-20(22)24)17-7-5-14-12-15(23)6-8-16(14)21(17)19/h6,8,12,17-21,23-24H,3-5,7,9-11,13H2,1-2H3/t17?,18?,19?,20?,21?,22-/m0/s1. The van der Waals surface area contributed by atoms with Crippen molar-refractivity contribution in [2.75, 3.05) is 6.61 Å². The minimum Gasteiger partial charge on any atom is -0.508 e. The zero-order chi connectivity index (χ0) is 17.6.